The molecule has 4 nitrogen and oxygen atoms in total. The number of halogens is 1. The summed E-state index contributed by atoms with van der Waals surface area (Å²) < 4.78 is 0. The molecule has 2 rings (SSSR count). The zero-order valence-electron chi connectivity index (χ0n) is 13.1. The second kappa shape index (κ2) is 8.13. The maximum atomic E-state index is 12.5. The molecule has 0 unspecified atom stereocenters. The van der Waals surface area contributed by atoms with Crippen molar-refractivity contribution in [3.63, 3.8) is 0 Å². The van der Waals surface area contributed by atoms with Crippen LogP contribution in [-0.4, -0.2) is 23.8 Å². The van der Waals surface area contributed by atoms with Crippen LogP contribution in [0, 0.1) is 0 Å². The first-order valence-electron chi connectivity index (χ1n) is 7.24. The molecule has 1 heterocycles. The number of rotatable bonds is 6. The molecule has 0 aliphatic carbocycles. The van der Waals surface area contributed by atoms with Gasteiger partial charge in [0.2, 0.25) is 11.8 Å². The fourth-order valence-electron chi connectivity index (χ4n) is 2.29. The number of nitrogens with one attached hydrogen (secondary N) is 1. The molecular formula is C17H19ClN2O2S. The summed E-state index contributed by atoms with van der Waals surface area (Å²) in [5, 5.41) is 5.43. The van der Waals surface area contributed by atoms with Crippen molar-refractivity contribution in [2.24, 2.45) is 0 Å². The lowest BCUT2D eigenvalue weighted by Gasteiger charge is -2.22. The van der Waals surface area contributed by atoms with Gasteiger partial charge in [0.05, 0.1) is 12.5 Å². The molecule has 0 radical (unpaired) electrons. The molecule has 122 valence electrons. The van der Waals surface area contributed by atoms with Crippen LogP contribution in [0.1, 0.15) is 29.8 Å². The Bertz CT molecular complexity index is 673. The van der Waals surface area contributed by atoms with E-state index in [0.717, 1.165) is 10.4 Å². The first kappa shape index (κ1) is 17.5. The topological polar surface area (TPSA) is 49.4 Å². The predicted molar refractivity (Wildman–Crippen MR) is 93.4 cm³/mol. The molecular weight excluding hydrogens is 332 g/mol. The van der Waals surface area contributed by atoms with Crippen LogP contribution in [0.3, 0.4) is 0 Å². The Kier molecular flexibility index (Phi) is 6.19. The SMILES string of the molecule is CC(=O)N[C@@H](CC(=O)N(C)Cc1cccc(Cl)c1)c1cccs1. The average Bonchev–Trinajstić information content (AvgIpc) is 3.00. The third kappa shape index (κ3) is 5.37. The molecule has 6 heteroatoms. The minimum atomic E-state index is -0.290. The molecule has 1 aromatic carbocycles. The van der Waals surface area contributed by atoms with Crippen LogP contribution in [0.5, 0.6) is 0 Å². The van der Waals surface area contributed by atoms with E-state index in [4.69, 9.17) is 11.6 Å². The van der Waals surface area contributed by atoms with Gasteiger partial charge in [0.15, 0.2) is 0 Å². The number of benzene rings is 1. The van der Waals surface area contributed by atoms with Crippen molar-refractivity contribution in [1.29, 1.82) is 0 Å². The number of amides is 2. The maximum absolute atomic E-state index is 12.5. The number of nitrogens with zero attached hydrogens (tertiary/aromatic N) is 1. The summed E-state index contributed by atoms with van der Waals surface area (Å²) in [6.45, 7) is 1.94. The number of hydrogen-bond donors (Lipinski definition) is 1. The van der Waals surface area contributed by atoms with E-state index in [0.29, 0.717) is 11.6 Å². The van der Waals surface area contributed by atoms with Crippen LogP contribution in [0.25, 0.3) is 0 Å². The van der Waals surface area contributed by atoms with Gasteiger partial charge in [-0.3, -0.25) is 9.59 Å². The zero-order valence-corrected chi connectivity index (χ0v) is 14.7. The van der Waals surface area contributed by atoms with Crippen molar-refractivity contribution >= 4 is 34.8 Å². The highest BCUT2D eigenvalue weighted by molar-refractivity contribution is 7.10. The Hall–Kier alpha value is -1.85. The number of hydrogen-bond acceptors (Lipinski definition) is 3. The normalized spacial score (nSPS) is 11.8. The fraction of sp³-hybridized carbons (Fsp3) is 0.294. The highest BCUT2D eigenvalue weighted by Gasteiger charge is 2.20. The molecule has 0 fully saturated rings. The third-order valence-electron chi connectivity index (χ3n) is 3.38. The van der Waals surface area contributed by atoms with Crippen molar-refractivity contribution in [2.45, 2.75) is 25.9 Å². The Morgan fingerprint density at radius 2 is 2.09 bits per heavy atom. The Morgan fingerprint density at radius 3 is 2.70 bits per heavy atom. The van der Waals surface area contributed by atoms with E-state index in [1.54, 1.807) is 18.0 Å². The first-order chi connectivity index (χ1) is 11.0. The van der Waals surface area contributed by atoms with Crippen molar-refractivity contribution in [2.75, 3.05) is 7.05 Å². The van der Waals surface area contributed by atoms with Crippen LogP contribution in [-0.2, 0) is 16.1 Å². The molecule has 0 aliphatic rings. The maximum Gasteiger partial charge on any atom is 0.225 e. The smallest absolute Gasteiger partial charge is 0.225 e. The quantitative estimate of drug-likeness (QED) is 0.864. The van der Waals surface area contributed by atoms with E-state index in [9.17, 15) is 9.59 Å². The van der Waals surface area contributed by atoms with Gasteiger partial charge in [-0.05, 0) is 29.1 Å². The van der Waals surface area contributed by atoms with Gasteiger partial charge >= 0.3 is 0 Å². The Balaban J connectivity index is 2.01. The summed E-state index contributed by atoms with van der Waals surface area (Å²) in [4.78, 5) is 26.5. The van der Waals surface area contributed by atoms with E-state index >= 15 is 0 Å². The lowest BCUT2D eigenvalue weighted by molar-refractivity contribution is -0.131. The average molecular weight is 351 g/mol. The van der Waals surface area contributed by atoms with Gasteiger partial charge in [-0.2, -0.15) is 0 Å². The van der Waals surface area contributed by atoms with Gasteiger partial charge in [0.1, 0.15) is 0 Å². The number of carbonyl (C=O) groups is 2. The molecule has 1 aromatic heterocycles. The number of thiophene rings is 1. The Morgan fingerprint density at radius 1 is 1.30 bits per heavy atom. The predicted octanol–water partition coefficient (Wildman–Crippen LogP) is 3.63. The lowest BCUT2D eigenvalue weighted by atomic mass is 10.1. The second-order valence-electron chi connectivity index (χ2n) is 5.35. The summed E-state index contributed by atoms with van der Waals surface area (Å²) in [6.07, 6.45) is 0.233. The van der Waals surface area contributed by atoms with Gasteiger partial charge in [0.25, 0.3) is 0 Å². The van der Waals surface area contributed by atoms with Crippen molar-refractivity contribution in [3.05, 3.63) is 57.2 Å². The molecule has 0 bridgehead atoms. The lowest BCUT2D eigenvalue weighted by Crippen LogP contribution is -2.33. The van der Waals surface area contributed by atoms with Crippen LogP contribution >= 0.6 is 22.9 Å². The van der Waals surface area contributed by atoms with Gasteiger partial charge in [-0.1, -0.05) is 29.8 Å². The highest BCUT2D eigenvalue weighted by Crippen LogP contribution is 2.23. The molecule has 2 amide bonds. The summed E-state index contributed by atoms with van der Waals surface area (Å²) in [5.74, 6) is -0.175. The van der Waals surface area contributed by atoms with E-state index in [-0.39, 0.29) is 24.3 Å². The summed E-state index contributed by atoms with van der Waals surface area (Å²) in [5.41, 5.74) is 0.973. The van der Waals surface area contributed by atoms with Crippen LogP contribution < -0.4 is 5.32 Å². The van der Waals surface area contributed by atoms with E-state index in [1.165, 1.54) is 18.3 Å². The van der Waals surface area contributed by atoms with Crippen molar-refractivity contribution in [3.8, 4) is 0 Å². The second-order valence-corrected chi connectivity index (χ2v) is 6.77. The monoisotopic (exact) mass is 350 g/mol. The molecule has 1 atom stereocenters. The standard InChI is InChI=1S/C17H19ClN2O2S/c1-12(21)19-15(16-7-4-8-23-16)10-17(22)20(2)11-13-5-3-6-14(18)9-13/h3-9,15H,10-11H2,1-2H3,(H,19,21)/t15-/m0/s1. The van der Waals surface area contributed by atoms with Crippen LogP contribution in [0.2, 0.25) is 5.02 Å². The first-order valence-corrected chi connectivity index (χ1v) is 8.50. The molecule has 2 aromatic rings. The van der Waals surface area contributed by atoms with Gasteiger partial charge in [0, 0.05) is 30.4 Å². The van der Waals surface area contributed by atoms with E-state index < -0.39 is 0 Å². The minimum Gasteiger partial charge on any atom is -0.348 e. The summed E-state index contributed by atoms with van der Waals surface area (Å²) in [7, 11) is 1.75. The van der Waals surface area contributed by atoms with Crippen molar-refractivity contribution in [1.82, 2.24) is 10.2 Å². The van der Waals surface area contributed by atoms with Crippen LogP contribution in [0.15, 0.2) is 41.8 Å². The van der Waals surface area contributed by atoms with Crippen LogP contribution in [0.4, 0.5) is 0 Å². The molecule has 0 aliphatic heterocycles. The number of carbonyl (C=O) groups excluding carboxylic acids is 2. The van der Waals surface area contributed by atoms with Crippen molar-refractivity contribution < 1.29 is 9.59 Å². The molecule has 0 saturated carbocycles. The summed E-state index contributed by atoms with van der Waals surface area (Å²) >= 11 is 7.50. The minimum absolute atomic E-state index is 0.0304. The van der Waals surface area contributed by atoms with Gasteiger partial charge < -0.3 is 10.2 Å². The van der Waals surface area contributed by atoms with E-state index in [2.05, 4.69) is 5.32 Å². The third-order valence-corrected chi connectivity index (χ3v) is 4.60. The largest absolute Gasteiger partial charge is 0.348 e. The molecule has 0 saturated heterocycles. The molecule has 0 spiro atoms. The van der Waals surface area contributed by atoms with E-state index in [1.807, 2.05) is 35.7 Å². The highest BCUT2D eigenvalue weighted by atomic mass is 35.5. The van der Waals surface area contributed by atoms with Gasteiger partial charge in [-0.25, -0.2) is 0 Å². The molecule has 1 N–H and O–H groups in total. The Labute approximate surface area is 145 Å². The zero-order chi connectivity index (χ0) is 16.8. The summed E-state index contributed by atoms with van der Waals surface area (Å²) in [6, 6.07) is 11.0. The van der Waals surface area contributed by atoms with Gasteiger partial charge in [-0.15, -0.1) is 11.3 Å². The molecule has 23 heavy (non-hydrogen) atoms. The fourth-order valence-corrected chi connectivity index (χ4v) is 3.28.